The van der Waals surface area contributed by atoms with Crippen molar-refractivity contribution in [2.45, 2.75) is 27.3 Å². The van der Waals surface area contributed by atoms with E-state index in [2.05, 4.69) is 42.0 Å². The summed E-state index contributed by atoms with van der Waals surface area (Å²) in [6.45, 7) is 8.45. The fourth-order valence-electron chi connectivity index (χ4n) is 1.56. The van der Waals surface area contributed by atoms with Crippen molar-refractivity contribution in [3.63, 3.8) is 0 Å². The average molecular weight is 316 g/mol. The van der Waals surface area contributed by atoms with E-state index >= 15 is 0 Å². The van der Waals surface area contributed by atoms with Gasteiger partial charge in [-0.3, -0.25) is 0 Å². The third-order valence-electron chi connectivity index (χ3n) is 3.24. The summed E-state index contributed by atoms with van der Waals surface area (Å²) in [6.07, 6.45) is 0. The van der Waals surface area contributed by atoms with Crippen molar-refractivity contribution in [3.05, 3.63) is 22.2 Å². The molecular formula is C14H22BrNO2. The molecule has 0 saturated carbocycles. The molecule has 0 radical (unpaired) electrons. The quantitative estimate of drug-likeness (QED) is 0.843. The molecular weight excluding hydrogens is 294 g/mol. The standard InChI is InChI=1S/C14H22BrNO2/c1-9(2)10(3)7-16-8-11-5-12(15)14(17)13(6-11)18-4/h5-6,9-10,16-17H,7-8H2,1-4H3. The largest absolute Gasteiger partial charge is 0.503 e. The van der Waals surface area contributed by atoms with Crippen LogP contribution >= 0.6 is 15.9 Å². The molecule has 0 heterocycles. The lowest BCUT2D eigenvalue weighted by molar-refractivity contribution is 0.370. The molecule has 0 fully saturated rings. The van der Waals surface area contributed by atoms with Crippen molar-refractivity contribution >= 4 is 15.9 Å². The Morgan fingerprint density at radius 3 is 2.56 bits per heavy atom. The zero-order valence-electron chi connectivity index (χ0n) is 11.5. The van der Waals surface area contributed by atoms with E-state index in [0.717, 1.165) is 18.7 Å². The summed E-state index contributed by atoms with van der Waals surface area (Å²) in [6, 6.07) is 3.76. The predicted octanol–water partition coefficient (Wildman–Crippen LogP) is 3.55. The molecule has 102 valence electrons. The summed E-state index contributed by atoms with van der Waals surface area (Å²) in [5.74, 6) is 1.97. The third kappa shape index (κ3) is 4.18. The fraction of sp³-hybridized carbons (Fsp3) is 0.571. The van der Waals surface area contributed by atoms with Gasteiger partial charge < -0.3 is 15.2 Å². The molecule has 0 spiro atoms. The summed E-state index contributed by atoms with van der Waals surface area (Å²) in [7, 11) is 1.56. The second-order valence-electron chi connectivity index (χ2n) is 4.98. The highest BCUT2D eigenvalue weighted by atomic mass is 79.9. The number of phenolic OH excluding ortho intramolecular Hbond substituents is 1. The van der Waals surface area contributed by atoms with E-state index in [4.69, 9.17) is 4.74 Å². The molecule has 0 aliphatic carbocycles. The van der Waals surface area contributed by atoms with Gasteiger partial charge in [-0.15, -0.1) is 0 Å². The summed E-state index contributed by atoms with van der Waals surface area (Å²) in [5, 5.41) is 13.1. The van der Waals surface area contributed by atoms with Gasteiger partial charge in [-0.2, -0.15) is 0 Å². The first-order chi connectivity index (χ1) is 8.45. The number of hydrogen-bond donors (Lipinski definition) is 2. The highest BCUT2D eigenvalue weighted by molar-refractivity contribution is 9.10. The van der Waals surface area contributed by atoms with Crippen LogP contribution in [0.4, 0.5) is 0 Å². The van der Waals surface area contributed by atoms with Crippen LogP contribution < -0.4 is 10.1 Å². The van der Waals surface area contributed by atoms with Gasteiger partial charge in [-0.1, -0.05) is 20.8 Å². The Hall–Kier alpha value is -0.740. The maximum atomic E-state index is 9.72. The van der Waals surface area contributed by atoms with E-state index < -0.39 is 0 Å². The Morgan fingerprint density at radius 2 is 2.00 bits per heavy atom. The molecule has 0 aromatic heterocycles. The number of rotatable bonds is 6. The number of halogens is 1. The number of phenols is 1. The van der Waals surface area contributed by atoms with E-state index in [1.165, 1.54) is 0 Å². The average Bonchev–Trinajstić information content (AvgIpc) is 2.33. The SMILES string of the molecule is COc1cc(CNCC(C)C(C)C)cc(Br)c1O. The highest BCUT2D eigenvalue weighted by Crippen LogP contribution is 2.35. The van der Waals surface area contributed by atoms with Gasteiger partial charge in [-0.05, 0) is 52.0 Å². The molecule has 2 N–H and O–H groups in total. The van der Waals surface area contributed by atoms with E-state index in [9.17, 15) is 5.11 Å². The number of hydrogen-bond acceptors (Lipinski definition) is 3. The third-order valence-corrected chi connectivity index (χ3v) is 3.85. The number of methoxy groups -OCH3 is 1. The molecule has 1 unspecified atom stereocenters. The van der Waals surface area contributed by atoms with Gasteiger partial charge in [0.25, 0.3) is 0 Å². The maximum Gasteiger partial charge on any atom is 0.172 e. The minimum atomic E-state index is 0.150. The number of aromatic hydroxyl groups is 1. The van der Waals surface area contributed by atoms with Crippen molar-refractivity contribution in [1.82, 2.24) is 5.32 Å². The minimum Gasteiger partial charge on any atom is -0.503 e. The highest BCUT2D eigenvalue weighted by Gasteiger charge is 2.09. The van der Waals surface area contributed by atoms with Crippen LogP contribution in [-0.2, 0) is 6.54 Å². The Balaban J connectivity index is 2.60. The van der Waals surface area contributed by atoms with Crippen molar-refractivity contribution in [1.29, 1.82) is 0 Å². The Bertz CT molecular complexity index is 394. The summed E-state index contributed by atoms with van der Waals surface area (Å²) < 4.78 is 5.79. The van der Waals surface area contributed by atoms with Crippen molar-refractivity contribution < 1.29 is 9.84 Å². The normalized spacial score (nSPS) is 12.8. The Kier molecular flexibility index (Phi) is 5.96. The minimum absolute atomic E-state index is 0.150. The van der Waals surface area contributed by atoms with Crippen LogP contribution in [-0.4, -0.2) is 18.8 Å². The van der Waals surface area contributed by atoms with Crippen LogP contribution in [0.15, 0.2) is 16.6 Å². The number of nitrogens with one attached hydrogen (secondary N) is 1. The first-order valence-electron chi connectivity index (χ1n) is 6.21. The first kappa shape index (κ1) is 15.3. The van der Waals surface area contributed by atoms with E-state index in [0.29, 0.717) is 22.1 Å². The monoisotopic (exact) mass is 315 g/mol. The van der Waals surface area contributed by atoms with Crippen molar-refractivity contribution in [2.24, 2.45) is 11.8 Å². The Morgan fingerprint density at radius 1 is 1.33 bits per heavy atom. The lowest BCUT2D eigenvalue weighted by Crippen LogP contribution is -2.23. The van der Waals surface area contributed by atoms with Gasteiger partial charge in [-0.25, -0.2) is 0 Å². The molecule has 0 aliphatic rings. The first-order valence-corrected chi connectivity index (χ1v) is 7.01. The van der Waals surface area contributed by atoms with Gasteiger partial charge in [0.15, 0.2) is 11.5 Å². The molecule has 3 nitrogen and oxygen atoms in total. The molecule has 0 saturated heterocycles. The van der Waals surface area contributed by atoms with Gasteiger partial charge in [0.1, 0.15) is 0 Å². The molecule has 0 bridgehead atoms. The van der Waals surface area contributed by atoms with Crippen LogP contribution in [0.2, 0.25) is 0 Å². The molecule has 1 aromatic carbocycles. The molecule has 18 heavy (non-hydrogen) atoms. The Labute approximate surface area is 118 Å². The van der Waals surface area contributed by atoms with Crippen LogP contribution in [0.3, 0.4) is 0 Å². The van der Waals surface area contributed by atoms with Gasteiger partial charge in [0, 0.05) is 6.54 Å². The topological polar surface area (TPSA) is 41.5 Å². The smallest absolute Gasteiger partial charge is 0.172 e. The zero-order chi connectivity index (χ0) is 13.7. The lowest BCUT2D eigenvalue weighted by Gasteiger charge is -2.16. The fourth-order valence-corrected chi connectivity index (χ4v) is 2.05. The second-order valence-corrected chi connectivity index (χ2v) is 5.84. The van der Waals surface area contributed by atoms with Crippen LogP contribution in [0.25, 0.3) is 0 Å². The van der Waals surface area contributed by atoms with Crippen molar-refractivity contribution in [2.75, 3.05) is 13.7 Å². The molecule has 1 aromatic rings. The number of benzene rings is 1. The van der Waals surface area contributed by atoms with Crippen molar-refractivity contribution in [3.8, 4) is 11.5 Å². The summed E-state index contributed by atoms with van der Waals surface area (Å²) in [5.41, 5.74) is 1.09. The van der Waals surface area contributed by atoms with Gasteiger partial charge in [0.05, 0.1) is 11.6 Å². The molecule has 1 rings (SSSR count). The predicted molar refractivity (Wildman–Crippen MR) is 78.1 cm³/mol. The van der Waals surface area contributed by atoms with E-state index in [1.807, 2.05) is 12.1 Å². The second kappa shape index (κ2) is 7.00. The molecule has 0 amide bonds. The summed E-state index contributed by atoms with van der Waals surface area (Å²) in [4.78, 5) is 0. The molecule has 1 atom stereocenters. The van der Waals surface area contributed by atoms with Gasteiger partial charge in [0.2, 0.25) is 0 Å². The maximum absolute atomic E-state index is 9.72. The number of ether oxygens (including phenoxy) is 1. The van der Waals surface area contributed by atoms with Crippen LogP contribution in [0.1, 0.15) is 26.3 Å². The molecule has 4 heteroatoms. The summed E-state index contributed by atoms with van der Waals surface area (Å²) >= 11 is 3.32. The lowest BCUT2D eigenvalue weighted by atomic mass is 9.98. The molecule has 0 aliphatic heterocycles. The zero-order valence-corrected chi connectivity index (χ0v) is 13.0. The van der Waals surface area contributed by atoms with E-state index in [1.54, 1.807) is 7.11 Å². The van der Waals surface area contributed by atoms with E-state index in [-0.39, 0.29) is 5.75 Å². The van der Waals surface area contributed by atoms with Crippen LogP contribution in [0.5, 0.6) is 11.5 Å². The van der Waals surface area contributed by atoms with Gasteiger partial charge >= 0.3 is 0 Å². The van der Waals surface area contributed by atoms with Crippen LogP contribution in [0, 0.1) is 11.8 Å².